The third kappa shape index (κ3) is 1.79. The number of halogens is 1. The second kappa shape index (κ2) is 4.04. The molecular formula is C14H13ClN2. The minimum Gasteiger partial charge on any atom is -0.398 e. The molecule has 1 aliphatic rings. The van der Waals surface area contributed by atoms with E-state index in [2.05, 4.69) is 11.1 Å². The van der Waals surface area contributed by atoms with Crippen molar-refractivity contribution in [3.63, 3.8) is 0 Å². The van der Waals surface area contributed by atoms with E-state index < -0.39 is 0 Å². The van der Waals surface area contributed by atoms with Gasteiger partial charge in [0.25, 0.3) is 0 Å². The van der Waals surface area contributed by atoms with Crippen LogP contribution in [-0.4, -0.2) is 4.98 Å². The third-order valence-corrected chi connectivity index (χ3v) is 3.73. The lowest BCUT2D eigenvalue weighted by Crippen LogP contribution is -2.00. The molecule has 1 aliphatic carbocycles. The zero-order valence-electron chi connectivity index (χ0n) is 9.36. The SMILES string of the molecule is Nc1cc(C2CCc3cccnc32)ccc1Cl. The molecule has 0 aliphatic heterocycles. The molecule has 0 fully saturated rings. The molecule has 1 heterocycles. The van der Waals surface area contributed by atoms with E-state index >= 15 is 0 Å². The predicted molar refractivity (Wildman–Crippen MR) is 70.3 cm³/mol. The van der Waals surface area contributed by atoms with Gasteiger partial charge in [0.05, 0.1) is 16.4 Å². The molecule has 2 N–H and O–H groups in total. The molecule has 86 valence electrons. The number of nitrogen functional groups attached to an aromatic ring is 1. The first kappa shape index (κ1) is 10.6. The molecule has 2 nitrogen and oxygen atoms in total. The molecule has 0 amide bonds. The van der Waals surface area contributed by atoms with Crippen LogP contribution in [0.1, 0.15) is 29.2 Å². The second-order valence-corrected chi connectivity index (χ2v) is 4.83. The number of hydrogen-bond donors (Lipinski definition) is 1. The normalized spacial score (nSPS) is 18.1. The highest BCUT2D eigenvalue weighted by Crippen LogP contribution is 2.37. The lowest BCUT2D eigenvalue weighted by Gasteiger charge is -2.12. The van der Waals surface area contributed by atoms with Crippen molar-refractivity contribution in [1.82, 2.24) is 4.98 Å². The number of hydrogen-bond acceptors (Lipinski definition) is 2. The van der Waals surface area contributed by atoms with Crippen molar-refractivity contribution in [2.45, 2.75) is 18.8 Å². The quantitative estimate of drug-likeness (QED) is 0.781. The monoisotopic (exact) mass is 244 g/mol. The Balaban J connectivity index is 2.04. The number of benzene rings is 1. The third-order valence-electron chi connectivity index (χ3n) is 3.38. The Hall–Kier alpha value is -1.54. The van der Waals surface area contributed by atoms with E-state index in [1.165, 1.54) is 16.8 Å². The number of nitrogens with zero attached hydrogens (tertiary/aromatic N) is 1. The molecule has 0 saturated carbocycles. The van der Waals surface area contributed by atoms with Crippen molar-refractivity contribution in [2.24, 2.45) is 0 Å². The van der Waals surface area contributed by atoms with Crippen molar-refractivity contribution in [1.29, 1.82) is 0 Å². The molecule has 2 aromatic rings. The summed E-state index contributed by atoms with van der Waals surface area (Å²) in [5.41, 5.74) is 10.3. The van der Waals surface area contributed by atoms with Crippen molar-refractivity contribution in [3.05, 3.63) is 58.4 Å². The number of nitrogens with two attached hydrogens (primary N) is 1. The first-order valence-corrected chi connectivity index (χ1v) is 6.12. The molecule has 0 saturated heterocycles. The summed E-state index contributed by atoms with van der Waals surface area (Å²) in [7, 11) is 0. The number of fused-ring (bicyclic) bond motifs is 1. The number of rotatable bonds is 1. The summed E-state index contributed by atoms with van der Waals surface area (Å²) in [5.74, 6) is 0.366. The zero-order chi connectivity index (χ0) is 11.8. The fourth-order valence-corrected chi connectivity index (χ4v) is 2.63. The van der Waals surface area contributed by atoms with Crippen LogP contribution in [0, 0.1) is 0 Å². The maximum absolute atomic E-state index is 5.95. The molecule has 3 rings (SSSR count). The van der Waals surface area contributed by atoms with Crippen LogP contribution in [0.3, 0.4) is 0 Å². The summed E-state index contributed by atoms with van der Waals surface area (Å²) in [5, 5.41) is 0.619. The summed E-state index contributed by atoms with van der Waals surface area (Å²) in [6.07, 6.45) is 4.06. The predicted octanol–water partition coefficient (Wildman–Crippen LogP) is 3.40. The van der Waals surface area contributed by atoms with Crippen molar-refractivity contribution >= 4 is 17.3 Å². The van der Waals surface area contributed by atoms with Gasteiger partial charge in [-0.1, -0.05) is 23.7 Å². The number of aromatic nitrogens is 1. The van der Waals surface area contributed by atoms with Gasteiger partial charge >= 0.3 is 0 Å². The van der Waals surface area contributed by atoms with Gasteiger partial charge in [-0.3, -0.25) is 4.98 Å². The van der Waals surface area contributed by atoms with Crippen molar-refractivity contribution in [2.75, 3.05) is 5.73 Å². The van der Waals surface area contributed by atoms with Gasteiger partial charge in [0.15, 0.2) is 0 Å². The van der Waals surface area contributed by atoms with Gasteiger partial charge in [0.1, 0.15) is 0 Å². The largest absolute Gasteiger partial charge is 0.398 e. The Labute approximate surface area is 105 Å². The molecule has 17 heavy (non-hydrogen) atoms. The molecule has 1 aromatic heterocycles. The number of pyridine rings is 1. The Bertz CT molecular complexity index is 566. The Morgan fingerprint density at radius 1 is 1.29 bits per heavy atom. The Morgan fingerprint density at radius 3 is 3.00 bits per heavy atom. The van der Waals surface area contributed by atoms with Crippen LogP contribution >= 0.6 is 11.6 Å². The molecule has 1 aromatic carbocycles. The van der Waals surface area contributed by atoms with Crippen LogP contribution in [0.2, 0.25) is 5.02 Å². The van der Waals surface area contributed by atoms with E-state index in [0.717, 1.165) is 12.8 Å². The van der Waals surface area contributed by atoms with E-state index in [1.54, 1.807) is 0 Å². The van der Waals surface area contributed by atoms with Crippen molar-refractivity contribution in [3.8, 4) is 0 Å². The molecule has 1 atom stereocenters. The minimum absolute atomic E-state index is 0.366. The minimum atomic E-state index is 0.366. The van der Waals surface area contributed by atoms with Gasteiger partial charge in [0.2, 0.25) is 0 Å². The van der Waals surface area contributed by atoms with Crippen LogP contribution in [0.5, 0.6) is 0 Å². The smallest absolute Gasteiger partial charge is 0.0635 e. The molecule has 1 unspecified atom stereocenters. The van der Waals surface area contributed by atoms with Crippen LogP contribution < -0.4 is 5.73 Å². The van der Waals surface area contributed by atoms with Crippen LogP contribution in [0.4, 0.5) is 5.69 Å². The summed E-state index contributed by atoms with van der Waals surface area (Å²) in [6.45, 7) is 0. The summed E-state index contributed by atoms with van der Waals surface area (Å²) >= 11 is 5.95. The van der Waals surface area contributed by atoms with Crippen LogP contribution in [0.15, 0.2) is 36.5 Å². The first-order chi connectivity index (χ1) is 8.25. The Morgan fingerprint density at radius 2 is 2.18 bits per heavy atom. The van der Waals surface area contributed by atoms with Gasteiger partial charge in [-0.15, -0.1) is 0 Å². The summed E-state index contributed by atoms with van der Waals surface area (Å²) in [4.78, 5) is 4.50. The van der Waals surface area contributed by atoms with E-state index in [0.29, 0.717) is 16.6 Å². The van der Waals surface area contributed by atoms with E-state index in [9.17, 15) is 0 Å². The Kier molecular flexibility index (Phi) is 2.52. The first-order valence-electron chi connectivity index (χ1n) is 5.74. The van der Waals surface area contributed by atoms with E-state index in [4.69, 9.17) is 17.3 Å². The number of anilines is 1. The molecular weight excluding hydrogens is 232 g/mol. The zero-order valence-corrected chi connectivity index (χ0v) is 10.1. The topological polar surface area (TPSA) is 38.9 Å². The van der Waals surface area contributed by atoms with Gasteiger partial charge in [0, 0.05) is 12.1 Å². The fourth-order valence-electron chi connectivity index (χ4n) is 2.52. The van der Waals surface area contributed by atoms with Crippen LogP contribution in [0.25, 0.3) is 0 Å². The molecule has 3 heteroatoms. The molecule has 0 radical (unpaired) electrons. The highest BCUT2D eigenvalue weighted by molar-refractivity contribution is 6.33. The lowest BCUT2D eigenvalue weighted by atomic mass is 9.96. The van der Waals surface area contributed by atoms with E-state index in [-0.39, 0.29) is 0 Å². The van der Waals surface area contributed by atoms with Gasteiger partial charge in [-0.25, -0.2) is 0 Å². The van der Waals surface area contributed by atoms with Crippen molar-refractivity contribution < 1.29 is 0 Å². The highest BCUT2D eigenvalue weighted by atomic mass is 35.5. The van der Waals surface area contributed by atoms with Crippen LogP contribution in [-0.2, 0) is 6.42 Å². The maximum atomic E-state index is 5.95. The fraction of sp³-hybridized carbons (Fsp3) is 0.214. The van der Waals surface area contributed by atoms with Gasteiger partial charge in [-0.05, 0) is 42.2 Å². The van der Waals surface area contributed by atoms with E-state index in [1.807, 2.05) is 30.5 Å². The average Bonchev–Trinajstić information content (AvgIpc) is 2.76. The molecule has 0 bridgehead atoms. The summed E-state index contributed by atoms with van der Waals surface area (Å²) in [6, 6.07) is 10.0. The average molecular weight is 245 g/mol. The molecule has 0 spiro atoms. The second-order valence-electron chi connectivity index (χ2n) is 4.42. The van der Waals surface area contributed by atoms with Gasteiger partial charge in [-0.2, -0.15) is 0 Å². The number of aryl methyl sites for hydroxylation is 1. The summed E-state index contributed by atoms with van der Waals surface area (Å²) < 4.78 is 0. The highest BCUT2D eigenvalue weighted by Gasteiger charge is 2.25. The van der Waals surface area contributed by atoms with Gasteiger partial charge < -0.3 is 5.73 Å². The lowest BCUT2D eigenvalue weighted by molar-refractivity contribution is 0.772. The maximum Gasteiger partial charge on any atom is 0.0635 e. The standard InChI is InChI=1S/C14H13ClN2/c15-12-6-4-10(8-13(12)16)11-5-3-9-2-1-7-17-14(9)11/h1-2,4,6-8,11H,3,5,16H2.